The van der Waals surface area contributed by atoms with Gasteiger partial charge in [0, 0.05) is 25.2 Å². The number of nitrogens with two attached hydrogens (primary N) is 1. The molecule has 1 amide bonds. The lowest BCUT2D eigenvalue weighted by Gasteiger charge is -2.48. The third-order valence-corrected chi connectivity index (χ3v) is 7.28. The van der Waals surface area contributed by atoms with E-state index in [4.69, 9.17) is 26.2 Å². The Morgan fingerprint density at radius 3 is 2.52 bits per heavy atom. The molecule has 1 saturated heterocycles. The Morgan fingerprint density at radius 2 is 1.87 bits per heavy atom. The molecule has 0 atom stereocenters. The molecule has 2 aliphatic rings. The monoisotopic (exact) mass is 473 g/mol. The van der Waals surface area contributed by atoms with E-state index >= 15 is 0 Å². The van der Waals surface area contributed by atoms with Gasteiger partial charge in [-0.3, -0.25) is 9.69 Å². The Hall–Kier alpha value is -1.72. The van der Waals surface area contributed by atoms with Gasteiger partial charge in [-0.1, -0.05) is 30.9 Å². The van der Waals surface area contributed by atoms with Gasteiger partial charge < -0.3 is 14.8 Å². The van der Waals surface area contributed by atoms with Gasteiger partial charge in [0.05, 0.1) is 23.8 Å². The molecule has 0 radical (unpaired) electrons. The zero-order chi connectivity index (χ0) is 22.5. The maximum Gasteiger partial charge on any atom is 0.338 e. The topological polar surface area (TPSA) is 128 Å². The zero-order valence-corrected chi connectivity index (χ0v) is 18.8. The fourth-order valence-corrected chi connectivity index (χ4v) is 5.30. The Labute approximate surface area is 187 Å². The summed E-state index contributed by atoms with van der Waals surface area (Å²) < 4.78 is 33.6. The van der Waals surface area contributed by atoms with E-state index in [0.29, 0.717) is 19.8 Å². The van der Waals surface area contributed by atoms with E-state index in [-0.39, 0.29) is 21.0 Å². The predicted molar refractivity (Wildman–Crippen MR) is 114 cm³/mol. The second-order valence-corrected chi connectivity index (χ2v) is 9.86. The van der Waals surface area contributed by atoms with Crippen molar-refractivity contribution in [2.45, 2.75) is 42.5 Å². The van der Waals surface area contributed by atoms with E-state index in [0.717, 1.165) is 44.8 Å². The van der Waals surface area contributed by atoms with Crippen molar-refractivity contribution >= 4 is 33.5 Å². The summed E-state index contributed by atoms with van der Waals surface area (Å²) in [4.78, 5) is 26.6. The lowest BCUT2D eigenvalue weighted by Crippen LogP contribution is -2.59. The van der Waals surface area contributed by atoms with Crippen molar-refractivity contribution in [2.24, 2.45) is 5.14 Å². The molecule has 3 N–H and O–H groups in total. The molecule has 1 aliphatic heterocycles. The van der Waals surface area contributed by atoms with Crippen LogP contribution in [0.25, 0.3) is 0 Å². The minimum absolute atomic E-state index is 0.0571. The number of halogens is 1. The molecule has 0 spiro atoms. The minimum atomic E-state index is -4.09. The van der Waals surface area contributed by atoms with Crippen molar-refractivity contribution in [1.29, 1.82) is 0 Å². The molecule has 11 heteroatoms. The Kier molecular flexibility index (Phi) is 7.92. The molecular weight excluding hydrogens is 446 g/mol. The van der Waals surface area contributed by atoms with Crippen LogP contribution in [0.2, 0.25) is 5.02 Å². The first-order chi connectivity index (χ1) is 14.7. The second-order valence-electron chi connectivity index (χ2n) is 7.93. The van der Waals surface area contributed by atoms with Gasteiger partial charge >= 0.3 is 5.97 Å². The van der Waals surface area contributed by atoms with Crippen molar-refractivity contribution in [3.05, 3.63) is 28.8 Å². The first-order valence-corrected chi connectivity index (χ1v) is 12.2. The highest BCUT2D eigenvalue weighted by Gasteiger charge is 2.38. The quantitative estimate of drug-likeness (QED) is 0.571. The van der Waals surface area contributed by atoms with Crippen LogP contribution in [0, 0.1) is 0 Å². The molecule has 1 heterocycles. The van der Waals surface area contributed by atoms with Crippen molar-refractivity contribution < 1.29 is 27.5 Å². The van der Waals surface area contributed by atoms with E-state index in [1.807, 2.05) is 0 Å². The van der Waals surface area contributed by atoms with Gasteiger partial charge in [0.1, 0.15) is 4.90 Å². The highest BCUT2D eigenvalue weighted by molar-refractivity contribution is 7.89. The molecule has 3 rings (SSSR count). The molecule has 1 aromatic carbocycles. The normalized spacial score (nSPS) is 19.5. The number of sulfonamides is 1. The molecular formula is C20H28ClN3O6S. The zero-order valence-electron chi connectivity index (χ0n) is 17.3. The van der Waals surface area contributed by atoms with Gasteiger partial charge in [0.2, 0.25) is 10.0 Å². The van der Waals surface area contributed by atoms with Crippen LogP contribution in [-0.4, -0.2) is 70.2 Å². The van der Waals surface area contributed by atoms with Gasteiger partial charge in [0.15, 0.2) is 6.61 Å². The van der Waals surface area contributed by atoms with E-state index in [2.05, 4.69) is 10.2 Å². The van der Waals surface area contributed by atoms with E-state index in [1.165, 1.54) is 18.6 Å². The second kappa shape index (κ2) is 10.3. The summed E-state index contributed by atoms with van der Waals surface area (Å²) in [5.41, 5.74) is -0.152. The molecule has 9 nitrogen and oxygen atoms in total. The van der Waals surface area contributed by atoms with Crippen molar-refractivity contribution in [2.75, 3.05) is 39.5 Å². The third-order valence-electron chi connectivity index (χ3n) is 5.89. The van der Waals surface area contributed by atoms with Crippen LogP contribution in [-0.2, 0) is 24.3 Å². The number of carbonyl (C=O) groups is 2. The maximum absolute atomic E-state index is 12.4. The summed E-state index contributed by atoms with van der Waals surface area (Å²) in [6.07, 6.45) is 5.44. The number of rotatable bonds is 7. The number of carbonyl (C=O) groups excluding carboxylic acids is 2. The number of amides is 1. The summed E-state index contributed by atoms with van der Waals surface area (Å²) in [7, 11) is -4.09. The summed E-state index contributed by atoms with van der Waals surface area (Å²) in [5.74, 6) is -1.25. The molecule has 1 aliphatic carbocycles. The first-order valence-electron chi connectivity index (χ1n) is 10.3. The smallest absolute Gasteiger partial charge is 0.338 e. The number of benzene rings is 1. The van der Waals surface area contributed by atoms with Crippen LogP contribution in [0.3, 0.4) is 0 Å². The van der Waals surface area contributed by atoms with Crippen LogP contribution in [0.4, 0.5) is 0 Å². The molecule has 31 heavy (non-hydrogen) atoms. The summed E-state index contributed by atoms with van der Waals surface area (Å²) in [6, 6.07) is 3.59. The Bertz CT molecular complexity index is 911. The fourth-order valence-electron chi connectivity index (χ4n) is 4.23. The third kappa shape index (κ3) is 6.17. The lowest BCUT2D eigenvalue weighted by atomic mass is 9.79. The fraction of sp³-hybridized carbons (Fsp3) is 0.600. The van der Waals surface area contributed by atoms with Gasteiger partial charge in [-0.25, -0.2) is 18.4 Å². The number of nitrogens with one attached hydrogen (secondary N) is 1. The molecule has 0 bridgehead atoms. The molecule has 2 fully saturated rings. The number of primary sulfonamides is 1. The molecule has 0 aromatic heterocycles. The molecule has 1 saturated carbocycles. The number of hydrogen-bond acceptors (Lipinski definition) is 7. The predicted octanol–water partition coefficient (Wildman–Crippen LogP) is 1.30. The number of nitrogens with zero attached hydrogens (tertiary/aromatic N) is 1. The standard InChI is InChI=1S/C20H28ClN3O6S/c21-16-5-4-15(12-17(16)31(22,27)28)19(26)30-13-18(25)23-14-20(6-2-1-3-7-20)24-8-10-29-11-9-24/h4-5,12H,1-3,6-11,13-14H2,(H,23,25)(H2,22,27,28). The summed E-state index contributed by atoms with van der Waals surface area (Å²) in [6.45, 7) is 3.08. The largest absolute Gasteiger partial charge is 0.452 e. The number of morpholine rings is 1. The van der Waals surface area contributed by atoms with Crippen LogP contribution in [0.1, 0.15) is 42.5 Å². The number of hydrogen-bond donors (Lipinski definition) is 2. The lowest BCUT2D eigenvalue weighted by molar-refractivity contribution is -0.125. The van der Waals surface area contributed by atoms with Crippen LogP contribution in [0.5, 0.6) is 0 Å². The molecule has 0 unspecified atom stereocenters. The van der Waals surface area contributed by atoms with Crippen LogP contribution < -0.4 is 10.5 Å². The van der Waals surface area contributed by atoms with Crippen molar-refractivity contribution in [3.8, 4) is 0 Å². The first kappa shape index (κ1) is 23.9. The van der Waals surface area contributed by atoms with Crippen LogP contribution >= 0.6 is 11.6 Å². The van der Waals surface area contributed by atoms with Crippen LogP contribution in [0.15, 0.2) is 23.1 Å². The molecule has 172 valence electrons. The minimum Gasteiger partial charge on any atom is -0.452 e. The van der Waals surface area contributed by atoms with Crippen molar-refractivity contribution in [3.63, 3.8) is 0 Å². The SMILES string of the molecule is NS(=O)(=O)c1cc(C(=O)OCC(=O)NCC2(N3CCOCC3)CCCCC2)ccc1Cl. The number of esters is 1. The Balaban J connectivity index is 1.56. The van der Waals surface area contributed by atoms with Gasteiger partial charge in [-0.15, -0.1) is 0 Å². The van der Waals surface area contributed by atoms with E-state index in [1.54, 1.807) is 0 Å². The maximum atomic E-state index is 12.4. The van der Waals surface area contributed by atoms with Gasteiger partial charge in [0.25, 0.3) is 5.91 Å². The number of ether oxygens (including phenoxy) is 2. The summed E-state index contributed by atoms with van der Waals surface area (Å²) in [5, 5.41) is 7.90. The summed E-state index contributed by atoms with van der Waals surface area (Å²) >= 11 is 5.82. The van der Waals surface area contributed by atoms with E-state index in [9.17, 15) is 18.0 Å². The van der Waals surface area contributed by atoms with Crippen molar-refractivity contribution in [1.82, 2.24) is 10.2 Å². The van der Waals surface area contributed by atoms with Gasteiger partial charge in [-0.05, 0) is 31.0 Å². The molecule has 1 aromatic rings. The average Bonchev–Trinajstić information content (AvgIpc) is 2.77. The highest BCUT2D eigenvalue weighted by atomic mass is 35.5. The van der Waals surface area contributed by atoms with E-state index < -0.39 is 28.5 Å². The highest BCUT2D eigenvalue weighted by Crippen LogP contribution is 2.33. The Morgan fingerprint density at radius 1 is 1.19 bits per heavy atom. The average molecular weight is 474 g/mol. The van der Waals surface area contributed by atoms with Gasteiger partial charge in [-0.2, -0.15) is 0 Å².